The number of pyridine rings is 1. The van der Waals surface area contributed by atoms with E-state index in [0.29, 0.717) is 6.54 Å². The molecule has 0 bridgehead atoms. The van der Waals surface area contributed by atoms with E-state index in [2.05, 4.69) is 15.0 Å². The van der Waals surface area contributed by atoms with Crippen LogP contribution in [0.2, 0.25) is 0 Å². The van der Waals surface area contributed by atoms with E-state index in [1.54, 1.807) is 24.8 Å². The van der Waals surface area contributed by atoms with Gasteiger partial charge in [0.15, 0.2) is 0 Å². The zero-order chi connectivity index (χ0) is 10.5. The van der Waals surface area contributed by atoms with Gasteiger partial charge in [-0.05, 0) is 18.7 Å². The Balaban J connectivity index is 2.33. The number of aromatic nitrogens is 3. The lowest BCUT2D eigenvalue weighted by atomic mass is 10.2. The number of rotatable bonds is 3. The first-order valence-electron chi connectivity index (χ1n) is 4.81. The highest BCUT2D eigenvalue weighted by Gasteiger charge is 2.00. The van der Waals surface area contributed by atoms with Crippen molar-refractivity contribution in [2.24, 2.45) is 5.73 Å². The van der Waals surface area contributed by atoms with Gasteiger partial charge in [0.2, 0.25) is 0 Å². The van der Waals surface area contributed by atoms with E-state index >= 15 is 0 Å². The standard InChI is InChI=1S/C11H12N4/c12-4-1-10-7-14-8-11(15-10)9-2-5-13-6-3-9/h2-3,5-8H,1,4,12H2. The van der Waals surface area contributed by atoms with Gasteiger partial charge in [-0.1, -0.05) is 0 Å². The summed E-state index contributed by atoms with van der Waals surface area (Å²) < 4.78 is 0. The molecule has 0 amide bonds. The van der Waals surface area contributed by atoms with Crippen molar-refractivity contribution in [3.63, 3.8) is 0 Å². The first kappa shape index (κ1) is 9.73. The summed E-state index contributed by atoms with van der Waals surface area (Å²) >= 11 is 0. The Morgan fingerprint density at radius 3 is 2.60 bits per heavy atom. The molecule has 2 rings (SSSR count). The van der Waals surface area contributed by atoms with Gasteiger partial charge in [0, 0.05) is 30.6 Å². The monoisotopic (exact) mass is 200 g/mol. The van der Waals surface area contributed by atoms with Crippen molar-refractivity contribution >= 4 is 0 Å². The van der Waals surface area contributed by atoms with Crippen LogP contribution in [0.4, 0.5) is 0 Å². The summed E-state index contributed by atoms with van der Waals surface area (Å²) in [4.78, 5) is 12.6. The molecular weight excluding hydrogens is 188 g/mol. The van der Waals surface area contributed by atoms with E-state index < -0.39 is 0 Å². The first-order chi connectivity index (χ1) is 7.40. The van der Waals surface area contributed by atoms with Crippen LogP contribution >= 0.6 is 0 Å². The first-order valence-corrected chi connectivity index (χ1v) is 4.81. The molecule has 4 nitrogen and oxygen atoms in total. The van der Waals surface area contributed by atoms with Crippen molar-refractivity contribution in [2.45, 2.75) is 6.42 Å². The summed E-state index contributed by atoms with van der Waals surface area (Å²) in [6.45, 7) is 0.592. The molecule has 2 aromatic heterocycles. The van der Waals surface area contributed by atoms with Crippen LogP contribution in [0.25, 0.3) is 11.3 Å². The highest BCUT2D eigenvalue weighted by Crippen LogP contribution is 2.14. The molecule has 0 saturated heterocycles. The van der Waals surface area contributed by atoms with E-state index in [-0.39, 0.29) is 0 Å². The topological polar surface area (TPSA) is 64.7 Å². The molecule has 2 heterocycles. The highest BCUT2D eigenvalue weighted by atomic mass is 14.8. The molecule has 0 aliphatic heterocycles. The molecule has 0 fully saturated rings. The zero-order valence-electron chi connectivity index (χ0n) is 8.30. The minimum atomic E-state index is 0.592. The highest BCUT2D eigenvalue weighted by molar-refractivity contribution is 5.56. The lowest BCUT2D eigenvalue weighted by molar-refractivity contribution is 0.910. The summed E-state index contributed by atoms with van der Waals surface area (Å²) in [5, 5.41) is 0. The second-order valence-electron chi connectivity index (χ2n) is 3.17. The van der Waals surface area contributed by atoms with Crippen molar-refractivity contribution in [1.29, 1.82) is 0 Å². The smallest absolute Gasteiger partial charge is 0.0889 e. The van der Waals surface area contributed by atoms with E-state index in [1.807, 2.05) is 12.1 Å². The van der Waals surface area contributed by atoms with Gasteiger partial charge in [-0.2, -0.15) is 0 Å². The predicted molar refractivity (Wildman–Crippen MR) is 58.0 cm³/mol. The van der Waals surface area contributed by atoms with Crippen LogP contribution in [-0.4, -0.2) is 21.5 Å². The summed E-state index contributed by atoms with van der Waals surface area (Å²) in [5.74, 6) is 0. The largest absolute Gasteiger partial charge is 0.330 e. The molecule has 0 aliphatic carbocycles. The normalized spacial score (nSPS) is 10.2. The molecule has 0 radical (unpaired) electrons. The third kappa shape index (κ3) is 2.35. The van der Waals surface area contributed by atoms with Gasteiger partial charge in [0.05, 0.1) is 17.6 Å². The van der Waals surface area contributed by atoms with Gasteiger partial charge >= 0.3 is 0 Å². The maximum atomic E-state index is 5.47. The molecule has 4 heteroatoms. The Morgan fingerprint density at radius 2 is 1.87 bits per heavy atom. The van der Waals surface area contributed by atoms with Crippen LogP contribution in [-0.2, 0) is 6.42 Å². The SMILES string of the molecule is NCCc1cncc(-c2ccncc2)n1. The summed E-state index contributed by atoms with van der Waals surface area (Å²) in [6, 6.07) is 3.83. The zero-order valence-corrected chi connectivity index (χ0v) is 8.30. The molecule has 2 aromatic rings. The molecule has 0 unspecified atom stereocenters. The minimum Gasteiger partial charge on any atom is -0.330 e. The van der Waals surface area contributed by atoms with Crippen LogP contribution in [0.5, 0.6) is 0 Å². The van der Waals surface area contributed by atoms with Crippen LogP contribution < -0.4 is 5.73 Å². The molecule has 2 N–H and O–H groups in total. The number of hydrogen-bond donors (Lipinski definition) is 1. The lowest BCUT2D eigenvalue weighted by Crippen LogP contribution is -2.05. The minimum absolute atomic E-state index is 0.592. The van der Waals surface area contributed by atoms with E-state index in [9.17, 15) is 0 Å². The average molecular weight is 200 g/mol. The molecular formula is C11H12N4. The molecule has 0 atom stereocenters. The fraction of sp³-hybridized carbons (Fsp3) is 0.182. The summed E-state index contributed by atoms with van der Waals surface area (Å²) in [5.41, 5.74) is 8.28. The quantitative estimate of drug-likeness (QED) is 0.804. The number of hydrogen-bond acceptors (Lipinski definition) is 4. The second-order valence-corrected chi connectivity index (χ2v) is 3.17. The van der Waals surface area contributed by atoms with E-state index in [1.165, 1.54) is 0 Å². The van der Waals surface area contributed by atoms with Crippen molar-refractivity contribution in [3.05, 3.63) is 42.6 Å². The van der Waals surface area contributed by atoms with Gasteiger partial charge in [0.1, 0.15) is 0 Å². The molecule has 0 aromatic carbocycles. The molecule has 0 spiro atoms. The van der Waals surface area contributed by atoms with Crippen LogP contribution in [0.15, 0.2) is 36.9 Å². The Bertz CT molecular complexity index is 428. The fourth-order valence-corrected chi connectivity index (χ4v) is 1.34. The molecule has 76 valence electrons. The molecule has 15 heavy (non-hydrogen) atoms. The predicted octanol–water partition coefficient (Wildman–Crippen LogP) is 1.04. The van der Waals surface area contributed by atoms with Crippen molar-refractivity contribution in [3.8, 4) is 11.3 Å². The molecule has 0 saturated carbocycles. The van der Waals surface area contributed by atoms with Gasteiger partial charge in [-0.15, -0.1) is 0 Å². The van der Waals surface area contributed by atoms with E-state index in [4.69, 9.17) is 5.73 Å². The fourth-order valence-electron chi connectivity index (χ4n) is 1.34. The summed E-state index contributed by atoms with van der Waals surface area (Å²) in [7, 11) is 0. The van der Waals surface area contributed by atoms with Crippen LogP contribution in [0.3, 0.4) is 0 Å². The van der Waals surface area contributed by atoms with Crippen LogP contribution in [0.1, 0.15) is 5.69 Å². The maximum absolute atomic E-state index is 5.47. The van der Waals surface area contributed by atoms with Crippen LogP contribution in [0, 0.1) is 0 Å². The summed E-state index contributed by atoms with van der Waals surface area (Å²) in [6.07, 6.45) is 7.73. The number of nitrogens with two attached hydrogens (primary N) is 1. The second kappa shape index (κ2) is 4.61. The Hall–Kier alpha value is -1.81. The Kier molecular flexibility index (Phi) is 2.99. The third-order valence-corrected chi connectivity index (χ3v) is 2.06. The number of nitrogens with zero attached hydrogens (tertiary/aromatic N) is 3. The molecule has 0 aliphatic rings. The van der Waals surface area contributed by atoms with Crippen molar-refractivity contribution in [1.82, 2.24) is 15.0 Å². The Labute approximate surface area is 88.2 Å². The maximum Gasteiger partial charge on any atom is 0.0889 e. The van der Waals surface area contributed by atoms with Gasteiger partial charge in [-0.25, -0.2) is 4.98 Å². The lowest BCUT2D eigenvalue weighted by Gasteiger charge is -2.02. The van der Waals surface area contributed by atoms with E-state index in [0.717, 1.165) is 23.4 Å². The van der Waals surface area contributed by atoms with Crippen molar-refractivity contribution < 1.29 is 0 Å². The van der Waals surface area contributed by atoms with Gasteiger partial charge < -0.3 is 5.73 Å². The van der Waals surface area contributed by atoms with Gasteiger partial charge in [-0.3, -0.25) is 9.97 Å². The van der Waals surface area contributed by atoms with Gasteiger partial charge in [0.25, 0.3) is 0 Å². The average Bonchev–Trinajstić information content (AvgIpc) is 2.31. The Morgan fingerprint density at radius 1 is 1.07 bits per heavy atom. The van der Waals surface area contributed by atoms with Crippen molar-refractivity contribution in [2.75, 3.05) is 6.54 Å². The third-order valence-electron chi connectivity index (χ3n) is 2.06.